The molecule has 0 spiro atoms. The number of ether oxygens (including phenoxy) is 1. The summed E-state index contributed by atoms with van der Waals surface area (Å²) in [5, 5.41) is 2.60. The van der Waals surface area contributed by atoms with Crippen LogP contribution in [0.1, 0.15) is 16.1 Å². The lowest BCUT2D eigenvalue weighted by atomic mass is 10.2. The highest BCUT2D eigenvalue weighted by atomic mass is 35.5. The molecule has 0 fully saturated rings. The number of esters is 1. The Morgan fingerprint density at radius 1 is 1.67 bits per heavy atom. The highest BCUT2D eigenvalue weighted by Gasteiger charge is 2.08. The molecule has 80 valence electrons. The smallest absolute Gasteiger partial charge is 0.338 e. The fourth-order valence-electron chi connectivity index (χ4n) is 1.02. The first kappa shape index (κ1) is 11.5. The number of nitrogens with zero attached hydrogens (tertiary/aromatic N) is 1. The second-order valence-corrected chi connectivity index (χ2v) is 3.05. The third kappa shape index (κ3) is 3.21. The Labute approximate surface area is 91.4 Å². The Bertz CT molecular complexity index is 382. The second-order valence-electron chi connectivity index (χ2n) is 2.66. The number of pyridine rings is 1. The normalized spacial score (nSPS) is 9.47. The number of carbonyl (C=O) groups excluding carboxylic acids is 2. The summed E-state index contributed by atoms with van der Waals surface area (Å²) in [7, 11) is 1.28. The topological polar surface area (TPSA) is 68.3 Å². The molecule has 0 radical (unpaired) electrons. The Morgan fingerprint density at radius 3 is 3.00 bits per heavy atom. The summed E-state index contributed by atoms with van der Waals surface area (Å²) in [6, 6.07) is 2.91. The van der Waals surface area contributed by atoms with Crippen molar-refractivity contribution in [3.63, 3.8) is 0 Å². The SMILES string of the molecule is COC(=O)c1cc(Cl)nc(CNC=O)c1. The van der Waals surface area contributed by atoms with Crippen LogP contribution in [0.3, 0.4) is 0 Å². The maximum absolute atomic E-state index is 11.2. The number of amides is 1. The van der Waals surface area contributed by atoms with Gasteiger partial charge in [0, 0.05) is 0 Å². The molecule has 0 aliphatic heterocycles. The highest BCUT2D eigenvalue weighted by molar-refractivity contribution is 6.29. The van der Waals surface area contributed by atoms with Crippen molar-refractivity contribution in [1.29, 1.82) is 0 Å². The van der Waals surface area contributed by atoms with Crippen LogP contribution in [0.5, 0.6) is 0 Å². The van der Waals surface area contributed by atoms with Crippen LogP contribution >= 0.6 is 11.6 Å². The molecule has 6 heteroatoms. The quantitative estimate of drug-likeness (QED) is 0.470. The van der Waals surface area contributed by atoms with Gasteiger partial charge >= 0.3 is 5.97 Å². The average molecular weight is 229 g/mol. The molecule has 15 heavy (non-hydrogen) atoms. The van der Waals surface area contributed by atoms with Crippen molar-refractivity contribution in [2.24, 2.45) is 0 Å². The van der Waals surface area contributed by atoms with E-state index in [0.29, 0.717) is 17.7 Å². The zero-order chi connectivity index (χ0) is 11.3. The van der Waals surface area contributed by atoms with E-state index < -0.39 is 5.97 Å². The Balaban J connectivity index is 2.94. The van der Waals surface area contributed by atoms with Gasteiger partial charge < -0.3 is 10.1 Å². The largest absolute Gasteiger partial charge is 0.465 e. The van der Waals surface area contributed by atoms with Crippen molar-refractivity contribution in [3.05, 3.63) is 28.5 Å². The second kappa shape index (κ2) is 5.31. The molecule has 0 saturated heterocycles. The fraction of sp³-hybridized carbons (Fsp3) is 0.222. The molecule has 1 N–H and O–H groups in total. The number of methoxy groups -OCH3 is 1. The summed E-state index contributed by atoms with van der Waals surface area (Å²) in [5.41, 5.74) is 0.801. The van der Waals surface area contributed by atoms with E-state index in [0.717, 1.165) is 0 Å². The van der Waals surface area contributed by atoms with Gasteiger partial charge in [-0.25, -0.2) is 9.78 Å². The first-order valence-corrected chi connectivity index (χ1v) is 4.47. The molecule has 1 aromatic heterocycles. The minimum Gasteiger partial charge on any atom is -0.465 e. The van der Waals surface area contributed by atoms with Gasteiger partial charge in [0.2, 0.25) is 6.41 Å². The summed E-state index contributed by atoms with van der Waals surface area (Å²) >= 11 is 5.69. The number of rotatable bonds is 4. The van der Waals surface area contributed by atoms with Crippen molar-refractivity contribution in [2.45, 2.75) is 6.54 Å². The van der Waals surface area contributed by atoms with Gasteiger partial charge in [-0.2, -0.15) is 0 Å². The zero-order valence-corrected chi connectivity index (χ0v) is 8.75. The van der Waals surface area contributed by atoms with Crippen LogP contribution in [0.25, 0.3) is 0 Å². The van der Waals surface area contributed by atoms with E-state index in [2.05, 4.69) is 15.0 Å². The fourth-order valence-corrected chi connectivity index (χ4v) is 1.25. The van der Waals surface area contributed by atoms with Crippen molar-refractivity contribution in [1.82, 2.24) is 10.3 Å². The maximum atomic E-state index is 11.2. The van der Waals surface area contributed by atoms with Crippen LogP contribution in [-0.4, -0.2) is 24.5 Å². The van der Waals surface area contributed by atoms with Crippen LogP contribution < -0.4 is 5.32 Å². The number of nitrogens with one attached hydrogen (secondary N) is 1. The molecule has 5 nitrogen and oxygen atoms in total. The molecule has 0 aromatic carbocycles. The van der Waals surface area contributed by atoms with Crippen LogP contribution in [0, 0.1) is 0 Å². The Kier molecular flexibility index (Phi) is 4.05. The molecule has 1 aromatic rings. The number of hydrogen-bond donors (Lipinski definition) is 1. The summed E-state index contributed by atoms with van der Waals surface area (Å²) < 4.78 is 4.54. The standard InChI is InChI=1S/C9H9ClN2O3/c1-15-9(14)6-2-7(4-11-5-13)12-8(10)3-6/h2-3,5H,4H2,1H3,(H,11,13). The summed E-state index contributed by atoms with van der Waals surface area (Å²) in [6.07, 6.45) is 0.542. The van der Waals surface area contributed by atoms with Crippen molar-refractivity contribution in [3.8, 4) is 0 Å². The maximum Gasteiger partial charge on any atom is 0.338 e. The van der Waals surface area contributed by atoms with Gasteiger partial charge in [0.25, 0.3) is 0 Å². The van der Waals surface area contributed by atoms with Gasteiger partial charge in [0.15, 0.2) is 0 Å². The molecule has 0 unspecified atom stereocenters. The van der Waals surface area contributed by atoms with E-state index in [-0.39, 0.29) is 11.7 Å². The number of hydrogen-bond acceptors (Lipinski definition) is 4. The van der Waals surface area contributed by atoms with E-state index in [9.17, 15) is 9.59 Å². The summed E-state index contributed by atoms with van der Waals surface area (Å²) in [4.78, 5) is 25.2. The van der Waals surface area contributed by atoms with Crippen LogP contribution in [0.15, 0.2) is 12.1 Å². The van der Waals surface area contributed by atoms with Gasteiger partial charge in [0.1, 0.15) is 5.15 Å². The third-order valence-corrected chi connectivity index (χ3v) is 1.83. The Hall–Kier alpha value is -1.62. The average Bonchev–Trinajstić information content (AvgIpc) is 2.24. The van der Waals surface area contributed by atoms with E-state index in [1.807, 2.05) is 0 Å². The highest BCUT2D eigenvalue weighted by Crippen LogP contribution is 2.11. The van der Waals surface area contributed by atoms with E-state index >= 15 is 0 Å². The molecule has 0 atom stereocenters. The molecular weight excluding hydrogens is 220 g/mol. The molecule has 0 aliphatic rings. The molecule has 1 amide bonds. The molecule has 1 heterocycles. The lowest BCUT2D eigenvalue weighted by Gasteiger charge is -2.03. The lowest BCUT2D eigenvalue weighted by molar-refractivity contribution is -0.109. The summed E-state index contributed by atoms with van der Waals surface area (Å²) in [6.45, 7) is 0.216. The zero-order valence-electron chi connectivity index (χ0n) is 7.99. The lowest BCUT2D eigenvalue weighted by Crippen LogP contribution is -2.12. The number of aromatic nitrogens is 1. The first-order chi connectivity index (χ1) is 7.17. The van der Waals surface area contributed by atoms with E-state index in [1.54, 1.807) is 0 Å². The van der Waals surface area contributed by atoms with Gasteiger partial charge in [0.05, 0.1) is 24.9 Å². The van der Waals surface area contributed by atoms with Gasteiger partial charge in [-0.1, -0.05) is 11.6 Å². The van der Waals surface area contributed by atoms with E-state index in [4.69, 9.17) is 11.6 Å². The van der Waals surface area contributed by atoms with Crippen LogP contribution in [0.2, 0.25) is 5.15 Å². The Morgan fingerprint density at radius 2 is 2.40 bits per heavy atom. The minimum absolute atomic E-state index is 0.181. The predicted octanol–water partition coefficient (Wildman–Crippen LogP) is 0.768. The van der Waals surface area contributed by atoms with Gasteiger partial charge in [-0.3, -0.25) is 4.79 Å². The molecule has 0 bridgehead atoms. The van der Waals surface area contributed by atoms with E-state index in [1.165, 1.54) is 19.2 Å². The third-order valence-electron chi connectivity index (χ3n) is 1.63. The molecule has 0 aliphatic carbocycles. The number of carbonyl (C=O) groups is 2. The molecule has 1 rings (SSSR count). The van der Waals surface area contributed by atoms with Crippen molar-refractivity contribution in [2.75, 3.05) is 7.11 Å². The van der Waals surface area contributed by atoms with Crippen LogP contribution in [-0.2, 0) is 16.1 Å². The predicted molar refractivity (Wildman–Crippen MR) is 53.5 cm³/mol. The van der Waals surface area contributed by atoms with Gasteiger partial charge in [-0.15, -0.1) is 0 Å². The van der Waals surface area contributed by atoms with Gasteiger partial charge in [-0.05, 0) is 12.1 Å². The van der Waals surface area contributed by atoms with Crippen molar-refractivity contribution < 1.29 is 14.3 Å². The van der Waals surface area contributed by atoms with Crippen molar-refractivity contribution >= 4 is 24.0 Å². The first-order valence-electron chi connectivity index (χ1n) is 4.09. The minimum atomic E-state index is -0.494. The molecule has 0 saturated carbocycles. The number of halogens is 1. The summed E-state index contributed by atoms with van der Waals surface area (Å²) in [5.74, 6) is -0.494. The van der Waals surface area contributed by atoms with Crippen LogP contribution in [0.4, 0.5) is 0 Å². The monoisotopic (exact) mass is 228 g/mol. The molecular formula is C9H9ClN2O3.